The highest BCUT2D eigenvalue weighted by Crippen LogP contribution is 2.18. The van der Waals surface area contributed by atoms with E-state index in [-0.39, 0.29) is 0 Å². The molecule has 0 aliphatic carbocycles. The molecular formula is C9H13N3O2S. The van der Waals surface area contributed by atoms with E-state index in [2.05, 4.69) is 9.71 Å². The van der Waals surface area contributed by atoms with Crippen molar-refractivity contribution < 1.29 is 8.42 Å². The molecule has 1 aliphatic rings. The topological polar surface area (TPSA) is 62.3 Å². The Morgan fingerprint density at radius 2 is 2.27 bits per heavy atom. The average molecular weight is 227 g/mol. The van der Waals surface area contributed by atoms with Gasteiger partial charge in [-0.1, -0.05) is 0 Å². The number of hydrogen-bond acceptors (Lipinski definition) is 3. The van der Waals surface area contributed by atoms with Crippen molar-refractivity contribution in [1.82, 2.24) is 9.71 Å². The van der Waals surface area contributed by atoms with Crippen LogP contribution < -0.4 is 9.03 Å². The summed E-state index contributed by atoms with van der Waals surface area (Å²) in [4.78, 5) is 4.09. The third-order valence-corrected chi connectivity index (χ3v) is 3.84. The van der Waals surface area contributed by atoms with E-state index in [1.807, 2.05) is 6.92 Å². The fourth-order valence-corrected chi connectivity index (χ4v) is 2.81. The maximum atomic E-state index is 11.7. The van der Waals surface area contributed by atoms with Crippen LogP contribution in [0.5, 0.6) is 0 Å². The molecule has 1 saturated heterocycles. The number of nitrogens with one attached hydrogen (secondary N) is 1. The summed E-state index contributed by atoms with van der Waals surface area (Å²) >= 11 is 0. The number of hydrogen-bond donors (Lipinski definition) is 1. The van der Waals surface area contributed by atoms with Crippen molar-refractivity contribution >= 4 is 15.9 Å². The molecule has 6 heteroatoms. The van der Waals surface area contributed by atoms with Gasteiger partial charge < -0.3 is 0 Å². The van der Waals surface area contributed by atoms with Gasteiger partial charge in [-0.05, 0) is 25.5 Å². The highest BCUT2D eigenvalue weighted by atomic mass is 32.2. The zero-order valence-electron chi connectivity index (χ0n) is 8.47. The fourth-order valence-electron chi connectivity index (χ4n) is 1.50. The fraction of sp³-hybridized carbons (Fsp3) is 0.444. The zero-order valence-corrected chi connectivity index (χ0v) is 9.29. The minimum Gasteiger partial charge on any atom is -0.259 e. The smallest absolute Gasteiger partial charge is 0.259 e. The molecule has 0 unspecified atom stereocenters. The summed E-state index contributed by atoms with van der Waals surface area (Å²) < 4.78 is 27.2. The van der Waals surface area contributed by atoms with E-state index in [9.17, 15) is 8.42 Å². The monoisotopic (exact) mass is 227 g/mol. The second-order valence-corrected chi connectivity index (χ2v) is 5.16. The Bertz CT molecular complexity index is 441. The molecule has 0 saturated carbocycles. The van der Waals surface area contributed by atoms with Crippen LogP contribution in [0.2, 0.25) is 0 Å². The third kappa shape index (κ3) is 2.10. The Hall–Kier alpha value is -1.14. The van der Waals surface area contributed by atoms with Gasteiger partial charge in [0.25, 0.3) is 0 Å². The van der Waals surface area contributed by atoms with Gasteiger partial charge >= 0.3 is 10.2 Å². The van der Waals surface area contributed by atoms with Gasteiger partial charge in [0.1, 0.15) is 0 Å². The van der Waals surface area contributed by atoms with E-state index in [1.165, 1.54) is 4.31 Å². The Balaban J connectivity index is 2.33. The molecular weight excluding hydrogens is 214 g/mol. The van der Waals surface area contributed by atoms with E-state index >= 15 is 0 Å². The van der Waals surface area contributed by atoms with E-state index in [1.54, 1.807) is 18.3 Å². The predicted molar refractivity (Wildman–Crippen MR) is 57.9 cm³/mol. The van der Waals surface area contributed by atoms with Crippen molar-refractivity contribution in [2.45, 2.75) is 13.3 Å². The van der Waals surface area contributed by atoms with Gasteiger partial charge in [-0.3, -0.25) is 9.29 Å². The Morgan fingerprint density at radius 3 is 2.87 bits per heavy atom. The van der Waals surface area contributed by atoms with Crippen LogP contribution in [0.1, 0.15) is 12.1 Å². The lowest BCUT2D eigenvalue weighted by Crippen LogP contribution is -2.47. The highest BCUT2D eigenvalue weighted by Gasteiger charge is 2.25. The maximum Gasteiger partial charge on any atom is 0.301 e. The van der Waals surface area contributed by atoms with Crippen molar-refractivity contribution in [2.24, 2.45) is 0 Å². The molecule has 2 heterocycles. The normalized spacial score (nSPS) is 20.2. The van der Waals surface area contributed by atoms with Crippen molar-refractivity contribution in [2.75, 3.05) is 17.4 Å². The first kappa shape index (κ1) is 10.4. The average Bonchev–Trinajstić information content (AvgIpc) is 2.19. The van der Waals surface area contributed by atoms with E-state index in [0.29, 0.717) is 18.8 Å². The lowest BCUT2D eigenvalue weighted by atomic mass is 10.3. The third-order valence-electron chi connectivity index (χ3n) is 2.30. The van der Waals surface area contributed by atoms with E-state index in [4.69, 9.17) is 0 Å². The van der Waals surface area contributed by atoms with Gasteiger partial charge in [0.15, 0.2) is 0 Å². The van der Waals surface area contributed by atoms with Gasteiger partial charge in [-0.15, -0.1) is 0 Å². The second-order valence-electron chi connectivity index (χ2n) is 3.48. The van der Waals surface area contributed by atoms with Crippen molar-refractivity contribution in [3.05, 3.63) is 24.0 Å². The molecule has 0 aromatic carbocycles. The molecule has 0 radical (unpaired) electrons. The Kier molecular flexibility index (Phi) is 2.62. The van der Waals surface area contributed by atoms with Crippen molar-refractivity contribution in [3.63, 3.8) is 0 Å². The van der Waals surface area contributed by atoms with Crippen LogP contribution in [-0.4, -0.2) is 26.5 Å². The summed E-state index contributed by atoms with van der Waals surface area (Å²) in [5, 5.41) is 0. The minimum absolute atomic E-state index is 0.512. The first-order valence-electron chi connectivity index (χ1n) is 4.79. The number of pyridine rings is 1. The van der Waals surface area contributed by atoms with Crippen LogP contribution in [0, 0.1) is 6.92 Å². The predicted octanol–water partition coefficient (Wildman–Crippen LogP) is 0.435. The standard InChI is InChI=1S/C9H13N3O2S/c1-8-3-4-9(7-10-8)12-6-2-5-11-15(12,13)14/h3-4,7,11H,2,5-6H2,1H3. The molecule has 1 N–H and O–H groups in total. The Morgan fingerprint density at radius 1 is 1.47 bits per heavy atom. The first-order valence-corrected chi connectivity index (χ1v) is 6.23. The number of nitrogens with zero attached hydrogens (tertiary/aromatic N) is 2. The SMILES string of the molecule is Cc1ccc(N2CCCNS2(=O)=O)cn1. The molecule has 15 heavy (non-hydrogen) atoms. The molecule has 1 fully saturated rings. The second kappa shape index (κ2) is 3.79. The summed E-state index contributed by atoms with van der Waals surface area (Å²) in [6, 6.07) is 3.58. The van der Waals surface area contributed by atoms with Gasteiger partial charge in [0.2, 0.25) is 0 Å². The molecule has 1 aromatic rings. The Labute approximate surface area is 89.3 Å². The molecule has 5 nitrogen and oxygen atoms in total. The van der Waals surface area contributed by atoms with Gasteiger partial charge in [-0.2, -0.15) is 13.1 Å². The van der Waals surface area contributed by atoms with Gasteiger partial charge in [0.05, 0.1) is 11.9 Å². The van der Waals surface area contributed by atoms with Crippen LogP contribution in [0.15, 0.2) is 18.3 Å². The molecule has 82 valence electrons. The maximum absolute atomic E-state index is 11.7. The lowest BCUT2D eigenvalue weighted by molar-refractivity contribution is 0.560. The quantitative estimate of drug-likeness (QED) is 0.757. The summed E-state index contributed by atoms with van der Waals surface area (Å²) in [6.45, 7) is 2.89. The zero-order chi connectivity index (χ0) is 10.9. The van der Waals surface area contributed by atoms with Crippen LogP contribution in [0.25, 0.3) is 0 Å². The molecule has 0 spiro atoms. The van der Waals surface area contributed by atoms with Gasteiger partial charge in [0, 0.05) is 18.8 Å². The largest absolute Gasteiger partial charge is 0.301 e. The summed E-state index contributed by atoms with van der Waals surface area (Å²) in [6.07, 6.45) is 2.40. The molecule has 2 rings (SSSR count). The van der Waals surface area contributed by atoms with Crippen LogP contribution in [-0.2, 0) is 10.2 Å². The van der Waals surface area contributed by atoms with Crippen LogP contribution in [0.4, 0.5) is 5.69 Å². The van der Waals surface area contributed by atoms with Gasteiger partial charge in [-0.25, -0.2) is 0 Å². The number of aromatic nitrogens is 1. The van der Waals surface area contributed by atoms with Crippen LogP contribution >= 0.6 is 0 Å². The lowest BCUT2D eigenvalue weighted by Gasteiger charge is -2.28. The summed E-state index contributed by atoms with van der Waals surface area (Å²) in [5.74, 6) is 0. The highest BCUT2D eigenvalue weighted by molar-refractivity contribution is 7.90. The molecule has 0 amide bonds. The minimum atomic E-state index is -3.35. The van der Waals surface area contributed by atoms with Crippen molar-refractivity contribution in [1.29, 1.82) is 0 Å². The number of rotatable bonds is 1. The van der Waals surface area contributed by atoms with E-state index in [0.717, 1.165) is 12.1 Å². The van der Waals surface area contributed by atoms with E-state index < -0.39 is 10.2 Å². The number of aryl methyl sites for hydroxylation is 1. The molecule has 1 aromatic heterocycles. The molecule has 1 aliphatic heterocycles. The summed E-state index contributed by atoms with van der Waals surface area (Å²) in [7, 11) is -3.35. The molecule has 0 atom stereocenters. The number of anilines is 1. The molecule has 0 bridgehead atoms. The summed E-state index contributed by atoms with van der Waals surface area (Å²) in [5.41, 5.74) is 1.49. The van der Waals surface area contributed by atoms with Crippen LogP contribution in [0.3, 0.4) is 0 Å². The first-order chi connectivity index (χ1) is 7.09. The van der Waals surface area contributed by atoms with Crippen molar-refractivity contribution in [3.8, 4) is 0 Å².